The Hall–Kier alpha value is -0.900. The molecule has 21 heavy (non-hydrogen) atoms. The summed E-state index contributed by atoms with van der Waals surface area (Å²) in [6.45, 7) is 8.66. The molecule has 2 saturated heterocycles. The average molecular weight is 292 g/mol. The molecule has 2 atom stereocenters. The second-order valence-corrected chi connectivity index (χ2v) is 8.50. The lowest BCUT2D eigenvalue weighted by Crippen LogP contribution is -2.63. The Bertz CT molecular complexity index is 429. The van der Waals surface area contributed by atoms with E-state index in [0.29, 0.717) is 0 Å². The SMILES string of the molecule is CC1(C)CC(N2C(=O)C3CCCCC3C2=O)CC(C)(C)N1. The Morgan fingerprint density at radius 1 is 0.905 bits per heavy atom. The maximum atomic E-state index is 12.8. The van der Waals surface area contributed by atoms with Crippen LogP contribution >= 0.6 is 0 Å². The molecule has 1 N–H and O–H groups in total. The third-order valence-corrected chi connectivity index (χ3v) is 5.41. The van der Waals surface area contributed by atoms with Gasteiger partial charge in [-0.2, -0.15) is 0 Å². The van der Waals surface area contributed by atoms with Gasteiger partial charge in [-0.1, -0.05) is 12.8 Å². The van der Waals surface area contributed by atoms with Crippen molar-refractivity contribution in [3.05, 3.63) is 0 Å². The number of amides is 2. The molecule has 3 rings (SSSR count). The molecular formula is C17H28N2O2. The van der Waals surface area contributed by atoms with Crippen LogP contribution < -0.4 is 5.32 Å². The number of hydrogen-bond donors (Lipinski definition) is 1. The van der Waals surface area contributed by atoms with Crippen LogP contribution in [0.4, 0.5) is 0 Å². The van der Waals surface area contributed by atoms with E-state index in [1.807, 2.05) is 0 Å². The average Bonchev–Trinajstić information content (AvgIpc) is 2.59. The van der Waals surface area contributed by atoms with E-state index in [4.69, 9.17) is 0 Å². The molecule has 4 nitrogen and oxygen atoms in total. The maximum Gasteiger partial charge on any atom is 0.233 e. The zero-order chi connectivity index (χ0) is 15.4. The summed E-state index contributed by atoms with van der Waals surface area (Å²) in [5, 5.41) is 3.63. The summed E-state index contributed by atoms with van der Waals surface area (Å²) in [6, 6.07) is 0.0573. The Morgan fingerprint density at radius 3 is 1.76 bits per heavy atom. The molecule has 4 heteroatoms. The Labute approximate surface area is 127 Å². The molecule has 2 heterocycles. The zero-order valence-corrected chi connectivity index (χ0v) is 13.7. The van der Waals surface area contributed by atoms with E-state index >= 15 is 0 Å². The summed E-state index contributed by atoms with van der Waals surface area (Å²) in [5.74, 6) is 0.186. The van der Waals surface area contributed by atoms with Gasteiger partial charge < -0.3 is 5.32 Å². The molecule has 0 aromatic heterocycles. The minimum absolute atomic E-state index is 0.0210. The highest BCUT2D eigenvalue weighted by Crippen LogP contribution is 2.42. The van der Waals surface area contributed by atoms with Gasteiger partial charge in [-0.05, 0) is 53.4 Å². The summed E-state index contributed by atoms with van der Waals surface area (Å²) in [4.78, 5) is 27.2. The lowest BCUT2D eigenvalue weighted by atomic mass is 9.79. The van der Waals surface area contributed by atoms with Gasteiger partial charge in [0.15, 0.2) is 0 Å². The van der Waals surface area contributed by atoms with E-state index < -0.39 is 0 Å². The fraction of sp³-hybridized carbons (Fsp3) is 0.882. The Balaban J connectivity index is 1.86. The first-order chi connectivity index (χ1) is 9.70. The molecular weight excluding hydrogens is 264 g/mol. The zero-order valence-electron chi connectivity index (χ0n) is 13.7. The molecule has 1 aliphatic carbocycles. The van der Waals surface area contributed by atoms with E-state index in [1.165, 1.54) is 0 Å². The van der Waals surface area contributed by atoms with Gasteiger partial charge in [0.25, 0.3) is 0 Å². The van der Waals surface area contributed by atoms with Gasteiger partial charge >= 0.3 is 0 Å². The number of rotatable bonds is 1. The van der Waals surface area contributed by atoms with Crippen LogP contribution in [0.3, 0.4) is 0 Å². The minimum Gasteiger partial charge on any atom is -0.307 e. The smallest absolute Gasteiger partial charge is 0.233 e. The number of nitrogens with one attached hydrogen (secondary N) is 1. The van der Waals surface area contributed by atoms with Crippen molar-refractivity contribution < 1.29 is 9.59 Å². The lowest BCUT2D eigenvalue weighted by Gasteiger charge is -2.48. The fourth-order valence-corrected chi connectivity index (χ4v) is 5.00. The number of hydrogen-bond acceptors (Lipinski definition) is 3. The minimum atomic E-state index is -0.0409. The van der Waals surface area contributed by atoms with Gasteiger partial charge in [0.2, 0.25) is 11.8 Å². The van der Waals surface area contributed by atoms with Crippen molar-refractivity contribution in [3.63, 3.8) is 0 Å². The van der Waals surface area contributed by atoms with Crippen LogP contribution in [0.15, 0.2) is 0 Å². The topological polar surface area (TPSA) is 49.4 Å². The highest BCUT2D eigenvalue weighted by atomic mass is 16.2. The standard InChI is InChI=1S/C17H28N2O2/c1-16(2)9-11(10-17(3,4)18-16)19-14(20)12-7-5-6-8-13(12)15(19)21/h11-13,18H,5-10H2,1-4H3. The van der Waals surface area contributed by atoms with E-state index in [9.17, 15) is 9.59 Å². The number of nitrogens with zero attached hydrogens (tertiary/aromatic N) is 1. The van der Waals surface area contributed by atoms with Crippen LogP contribution in [0, 0.1) is 11.8 Å². The quantitative estimate of drug-likeness (QED) is 0.755. The molecule has 0 bridgehead atoms. The van der Waals surface area contributed by atoms with E-state index in [-0.39, 0.29) is 40.8 Å². The second-order valence-electron chi connectivity index (χ2n) is 8.50. The number of carbonyl (C=O) groups excluding carboxylic acids is 2. The van der Waals surface area contributed by atoms with Crippen molar-refractivity contribution in [2.75, 3.05) is 0 Å². The Morgan fingerprint density at radius 2 is 1.33 bits per heavy atom. The maximum absolute atomic E-state index is 12.8. The molecule has 2 amide bonds. The van der Waals surface area contributed by atoms with Gasteiger partial charge in [-0.25, -0.2) is 0 Å². The predicted octanol–water partition coefficient (Wildman–Crippen LogP) is 2.47. The van der Waals surface area contributed by atoms with Gasteiger partial charge in [-0.3, -0.25) is 14.5 Å². The van der Waals surface area contributed by atoms with Crippen molar-refractivity contribution in [3.8, 4) is 0 Å². The van der Waals surface area contributed by atoms with Crippen molar-refractivity contribution in [1.82, 2.24) is 10.2 Å². The van der Waals surface area contributed by atoms with Crippen LogP contribution in [0.2, 0.25) is 0 Å². The third kappa shape index (κ3) is 2.63. The molecule has 0 aromatic rings. The molecule has 0 radical (unpaired) electrons. The summed E-state index contributed by atoms with van der Waals surface area (Å²) < 4.78 is 0. The van der Waals surface area contributed by atoms with E-state index in [0.717, 1.165) is 38.5 Å². The van der Waals surface area contributed by atoms with Gasteiger partial charge in [0.05, 0.1) is 11.8 Å². The predicted molar refractivity (Wildman–Crippen MR) is 81.6 cm³/mol. The van der Waals surface area contributed by atoms with Crippen LogP contribution in [0.25, 0.3) is 0 Å². The van der Waals surface area contributed by atoms with Crippen LogP contribution in [0.5, 0.6) is 0 Å². The Kier molecular flexibility index (Phi) is 3.43. The number of fused-ring (bicyclic) bond motifs is 1. The van der Waals surface area contributed by atoms with Gasteiger partial charge in [0, 0.05) is 17.1 Å². The summed E-state index contributed by atoms with van der Waals surface area (Å²) in [6.07, 6.45) is 5.71. The molecule has 1 saturated carbocycles. The molecule has 0 spiro atoms. The highest BCUT2D eigenvalue weighted by molar-refractivity contribution is 6.05. The number of piperidine rings is 1. The molecule has 2 aliphatic heterocycles. The molecule has 118 valence electrons. The summed E-state index contributed by atoms with van der Waals surface area (Å²) in [5.41, 5.74) is -0.0819. The normalized spacial score (nSPS) is 35.9. The molecule has 3 fully saturated rings. The first kappa shape index (κ1) is 15.0. The lowest BCUT2D eigenvalue weighted by molar-refractivity contribution is -0.144. The van der Waals surface area contributed by atoms with Crippen molar-refractivity contribution in [1.29, 1.82) is 0 Å². The van der Waals surface area contributed by atoms with Crippen LogP contribution in [-0.2, 0) is 9.59 Å². The van der Waals surface area contributed by atoms with Crippen molar-refractivity contribution >= 4 is 11.8 Å². The number of carbonyl (C=O) groups is 2. The van der Waals surface area contributed by atoms with Crippen molar-refractivity contribution in [2.24, 2.45) is 11.8 Å². The summed E-state index contributed by atoms with van der Waals surface area (Å²) in [7, 11) is 0. The monoisotopic (exact) mass is 292 g/mol. The first-order valence-corrected chi connectivity index (χ1v) is 8.36. The van der Waals surface area contributed by atoms with E-state index in [2.05, 4.69) is 33.0 Å². The number of likely N-dealkylation sites (tertiary alicyclic amines) is 1. The summed E-state index contributed by atoms with van der Waals surface area (Å²) >= 11 is 0. The molecule has 2 unspecified atom stereocenters. The van der Waals surface area contributed by atoms with Crippen molar-refractivity contribution in [2.45, 2.75) is 83.3 Å². The van der Waals surface area contributed by atoms with Crippen LogP contribution in [0.1, 0.15) is 66.2 Å². The van der Waals surface area contributed by atoms with E-state index in [1.54, 1.807) is 4.90 Å². The third-order valence-electron chi connectivity index (χ3n) is 5.41. The highest BCUT2D eigenvalue weighted by Gasteiger charge is 2.53. The number of imide groups is 1. The van der Waals surface area contributed by atoms with Gasteiger partial charge in [0.1, 0.15) is 0 Å². The molecule has 3 aliphatic rings. The second kappa shape index (κ2) is 4.80. The van der Waals surface area contributed by atoms with Gasteiger partial charge in [-0.15, -0.1) is 0 Å². The first-order valence-electron chi connectivity index (χ1n) is 8.36. The largest absolute Gasteiger partial charge is 0.307 e. The molecule has 0 aromatic carbocycles. The van der Waals surface area contributed by atoms with Crippen LogP contribution in [-0.4, -0.2) is 33.8 Å². The fourth-order valence-electron chi connectivity index (χ4n) is 5.00.